The molecule has 0 bridgehead atoms. The standard InChI is InChI=1S/C14H11BrF3N/c1-7-4-8(15)2-3-9(7)14(19)10-5-12(17)13(18)6-11(10)16/h2-6,14H,19H2,1H3. The normalized spacial score (nSPS) is 12.5. The summed E-state index contributed by atoms with van der Waals surface area (Å²) in [7, 11) is 0. The van der Waals surface area contributed by atoms with Crippen LogP contribution in [0.1, 0.15) is 22.7 Å². The third-order valence-electron chi connectivity index (χ3n) is 2.94. The Kier molecular flexibility index (Phi) is 3.96. The molecular weight excluding hydrogens is 319 g/mol. The molecule has 0 amide bonds. The largest absolute Gasteiger partial charge is 0.320 e. The first-order chi connectivity index (χ1) is 8.90. The number of benzene rings is 2. The lowest BCUT2D eigenvalue weighted by Gasteiger charge is -2.16. The van der Waals surface area contributed by atoms with Crippen molar-refractivity contribution in [2.75, 3.05) is 0 Å². The van der Waals surface area contributed by atoms with Crippen LogP contribution in [-0.4, -0.2) is 0 Å². The fourth-order valence-corrected chi connectivity index (χ4v) is 2.41. The van der Waals surface area contributed by atoms with Crippen molar-refractivity contribution in [1.29, 1.82) is 0 Å². The van der Waals surface area contributed by atoms with Crippen LogP contribution in [0.5, 0.6) is 0 Å². The first kappa shape index (κ1) is 14.1. The van der Waals surface area contributed by atoms with Gasteiger partial charge in [-0.05, 0) is 36.2 Å². The molecule has 0 fully saturated rings. The molecule has 0 radical (unpaired) electrons. The van der Waals surface area contributed by atoms with E-state index in [0.717, 1.165) is 16.1 Å². The molecule has 2 N–H and O–H groups in total. The van der Waals surface area contributed by atoms with Crippen LogP contribution in [0.3, 0.4) is 0 Å². The molecule has 0 saturated heterocycles. The third-order valence-corrected chi connectivity index (χ3v) is 3.43. The molecule has 0 heterocycles. The number of hydrogen-bond acceptors (Lipinski definition) is 1. The summed E-state index contributed by atoms with van der Waals surface area (Å²) in [5.74, 6) is -3.18. The van der Waals surface area contributed by atoms with Gasteiger partial charge in [0.25, 0.3) is 0 Å². The van der Waals surface area contributed by atoms with Crippen LogP contribution in [-0.2, 0) is 0 Å². The molecule has 2 aromatic rings. The summed E-state index contributed by atoms with van der Waals surface area (Å²) in [6.07, 6.45) is 0. The Balaban J connectivity index is 2.49. The van der Waals surface area contributed by atoms with E-state index in [2.05, 4.69) is 15.9 Å². The summed E-state index contributed by atoms with van der Waals surface area (Å²) in [5.41, 5.74) is 7.38. The summed E-state index contributed by atoms with van der Waals surface area (Å²) in [6.45, 7) is 1.82. The maximum Gasteiger partial charge on any atom is 0.161 e. The molecule has 19 heavy (non-hydrogen) atoms. The Morgan fingerprint density at radius 2 is 1.58 bits per heavy atom. The zero-order chi connectivity index (χ0) is 14.2. The number of aryl methyl sites for hydroxylation is 1. The van der Waals surface area contributed by atoms with Gasteiger partial charge in [-0.2, -0.15) is 0 Å². The van der Waals surface area contributed by atoms with Gasteiger partial charge >= 0.3 is 0 Å². The Labute approximate surface area is 117 Å². The highest BCUT2D eigenvalue weighted by atomic mass is 79.9. The van der Waals surface area contributed by atoms with Crippen molar-refractivity contribution in [3.8, 4) is 0 Å². The fraction of sp³-hybridized carbons (Fsp3) is 0.143. The first-order valence-electron chi connectivity index (χ1n) is 5.56. The number of halogens is 4. The molecular formula is C14H11BrF3N. The minimum Gasteiger partial charge on any atom is -0.320 e. The molecule has 0 aliphatic rings. The smallest absolute Gasteiger partial charge is 0.161 e. The average molecular weight is 330 g/mol. The van der Waals surface area contributed by atoms with Gasteiger partial charge in [0.2, 0.25) is 0 Å². The van der Waals surface area contributed by atoms with Crippen molar-refractivity contribution in [2.24, 2.45) is 5.73 Å². The zero-order valence-electron chi connectivity index (χ0n) is 10.1. The lowest BCUT2D eigenvalue weighted by molar-refractivity contribution is 0.487. The van der Waals surface area contributed by atoms with Gasteiger partial charge in [-0.3, -0.25) is 0 Å². The van der Waals surface area contributed by atoms with Crippen LogP contribution in [0, 0.1) is 24.4 Å². The van der Waals surface area contributed by atoms with E-state index >= 15 is 0 Å². The topological polar surface area (TPSA) is 26.0 Å². The van der Waals surface area contributed by atoms with E-state index in [1.807, 2.05) is 13.0 Å². The van der Waals surface area contributed by atoms with Crippen LogP contribution < -0.4 is 5.73 Å². The monoisotopic (exact) mass is 329 g/mol. The highest BCUT2D eigenvalue weighted by molar-refractivity contribution is 9.10. The molecule has 0 aliphatic carbocycles. The van der Waals surface area contributed by atoms with Crippen molar-refractivity contribution < 1.29 is 13.2 Å². The lowest BCUT2D eigenvalue weighted by Crippen LogP contribution is -2.15. The van der Waals surface area contributed by atoms with Crippen molar-refractivity contribution in [3.63, 3.8) is 0 Å². The molecule has 5 heteroatoms. The van der Waals surface area contributed by atoms with Gasteiger partial charge in [0, 0.05) is 16.1 Å². The van der Waals surface area contributed by atoms with Crippen molar-refractivity contribution in [2.45, 2.75) is 13.0 Å². The zero-order valence-corrected chi connectivity index (χ0v) is 11.6. The molecule has 0 aliphatic heterocycles. The van der Waals surface area contributed by atoms with Crippen molar-refractivity contribution in [1.82, 2.24) is 0 Å². The Bertz CT molecular complexity index is 628. The molecule has 0 spiro atoms. The fourth-order valence-electron chi connectivity index (χ4n) is 1.93. The van der Waals surface area contributed by atoms with Crippen LogP contribution in [0.4, 0.5) is 13.2 Å². The molecule has 2 aromatic carbocycles. The van der Waals surface area contributed by atoms with Crippen LogP contribution in [0.15, 0.2) is 34.8 Å². The van der Waals surface area contributed by atoms with E-state index in [0.29, 0.717) is 11.6 Å². The predicted octanol–water partition coefficient (Wildman–Crippen LogP) is 4.22. The lowest BCUT2D eigenvalue weighted by atomic mass is 9.95. The SMILES string of the molecule is Cc1cc(Br)ccc1C(N)c1cc(F)c(F)cc1F. The first-order valence-corrected chi connectivity index (χ1v) is 6.35. The maximum atomic E-state index is 13.7. The third kappa shape index (κ3) is 2.82. The van der Waals surface area contributed by atoms with E-state index in [-0.39, 0.29) is 5.56 Å². The maximum absolute atomic E-state index is 13.7. The second-order valence-electron chi connectivity index (χ2n) is 4.27. The Hall–Kier alpha value is -1.33. The highest BCUT2D eigenvalue weighted by Crippen LogP contribution is 2.28. The molecule has 1 unspecified atom stereocenters. The second kappa shape index (κ2) is 5.35. The van der Waals surface area contributed by atoms with E-state index < -0.39 is 23.5 Å². The van der Waals surface area contributed by atoms with Crippen LogP contribution >= 0.6 is 15.9 Å². The average Bonchev–Trinajstić information content (AvgIpc) is 2.33. The van der Waals surface area contributed by atoms with Gasteiger partial charge in [0.1, 0.15) is 5.82 Å². The molecule has 1 atom stereocenters. The molecule has 1 nitrogen and oxygen atoms in total. The number of hydrogen-bond donors (Lipinski definition) is 1. The minimum absolute atomic E-state index is 0.0654. The predicted molar refractivity (Wildman–Crippen MR) is 71.2 cm³/mol. The Morgan fingerprint density at radius 1 is 0.947 bits per heavy atom. The van der Waals surface area contributed by atoms with Gasteiger partial charge in [-0.1, -0.05) is 22.0 Å². The van der Waals surface area contributed by atoms with E-state index in [1.54, 1.807) is 12.1 Å². The second-order valence-corrected chi connectivity index (χ2v) is 5.18. The summed E-state index contributed by atoms with van der Waals surface area (Å²) in [4.78, 5) is 0. The molecule has 2 rings (SSSR count). The van der Waals surface area contributed by atoms with E-state index in [1.165, 1.54) is 0 Å². The van der Waals surface area contributed by atoms with Gasteiger partial charge in [-0.15, -0.1) is 0 Å². The summed E-state index contributed by atoms with van der Waals surface area (Å²) in [6, 6.07) is 5.79. The number of nitrogens with two attached hydrogens (primary N) is 1. The number of rotatable bonds is 2. The van der Waals surface area contributed by atoms with Gasteiger partial charge in [0.05, 0.1) is 6.04 Å². The molecule has 100 valence electrons. The van der Waals surface area contributed by atoms with E-state index in [4.69, 9.17) is 5.73 Å². The highest BCUT2D eigenvalue weighted by Gasteiger charge is 2.18. The quantitative estimate of drug-likeness (QED) is 0.820. The van der Waals surface area contributed by atoms with Gasteiger partial charge in [0.15, 0.2) is 11.6 Å². The summed E-state index contributed by atoms with van der Waals surface area (Å²) < 4.78 is 40.6. The summed E-state index contributed by atoms with van der Waals surface area (Å²) in [5, 5.41) is 0. The van der Waals surface area contributed by atoms with E-state index in [9.17, 15) is 13.2 Å². The van der Waals surface area contributed by atoms with Crippen LogP contribution in [0.2, 0.25) is 0 Å². The van der Waals surface area contributed by atoms with Crippen molar-refractivity contribution >= 4 is 15.9 Å². The van der Waals surface area contributed by atoms with Crippen LogP contribution in [0.25, 0.3) is 0 Å². The summed E-state index contributed by atoms with van der Waals surface area (Å²) >= 11 is 3.31. The van der Waals surface area contributed by atoms with Gasteiger partial charge in [-0.25, -0.2) is 13.2 Å². The molecule has 0 aromatic heterocycles. The Morgan fingerprint density at radius 3 is 2.21 bits per heavy atom. The minimum atomic E-state index is -1.22. The van der Waals surface area contributed by atoms with Gasteiger partial charge < -0.3 is 5.73 Å². The molecule has 0 saturated carbocycles. The van der Waals surface area contributed by atoms with Crippen molar-refractivity contribution in [3.05, 3.63) is 68.9 Å².